The van der Waals surface area contributed by atoms with Gasteiger partial charge in [0.2, 0.25) is 5.95 Å². The van der Waals surface area contributed by atoms with Crippen LogP contribution in [0.2, 0.25) is 0 Å². The Bertz CT molecular complexity index is 1180. The van der Waals surface area contributed by atoms with Crippen LogP contribution in [0.3, 0.4) is 0 Å². The number of benzene rings is 3. The minimum Gasteiger partial charge on any atom is -0.370 e. The molecule has 0 aliphatic rings. The zero-order valence-corrected chi connectivity index (χ0v) is 19.9. The molecule has 0 atom stereocenters. The third kappa shape index (κ3) is 4.22. The quantitative estimate of drug-likeness (QED) is 0.320. The Hall–Kier alpha value is -3.27. The number of aryl methyl sites for hydroxylation is 3. The molecule has 0 amide bonds. The van der Waals surface area contributed by atoms with E-state index in [1.807, 2.05) is 0 Å². The molecule has 0 spiro atoms. The Balaban J connectivity index is 1.95. The molecule has 4 heteroatoms. The van der Waals surface area contributed by atoms with Gasteiger partial charge in [-0.1, -0.05) is 55.8 Å². The zero-order valence-electron chi connectivity index (χ0n) is 19.9. The fourth-order valence-corrected chi connectivity index (χ4v) is 4.66. The summed E-state index contributed by atoms with van der Waals surface area (Å²) in [6.45, 7) is 13.0. The minimum atomic E-state index is 0.849. The lowest BCUT2D eigenvalue weighted by molar-refractivity contribution is 0.746. The summed E-state index contributed by atoms with van der Waals surface area (Å²) in [6, 6.07) is 21.5. The van der Waals surface area contributed by atoms with Crippen LogP contribution in [0, 0.1) is 20.8 Å². The van der Waals surface area contributed by atoms with Gasteiger partial charge in [0.1, 0.15) is 0 Å². The standard InChI is InChI=1S/C28H34N4/c1-6-16-31(17-7-2)25-15-11-14-24-27(25)32(23-12-9-8-10-13-23)28(29-24)30-26-21(4)18-20(3)19-22(26)5/h8-15,18-19H,6-7,16-17H2,1-5H3,(H,29,30). The van der Waals surface area contributed by atoms with Crippen molar-refractivity contribution >= 4 is 28.4 Å². The molecular formula is C28H34N4. The molecule has 0 unspecified atom stereocenters. The topological polar surface area (TPSA) is 33.1 Å². The summed E-state index contributed by atoms with van der Waals surface area (Å²) in [6.07, 6.45) is 2.23. The molecule has 0 bridgehead atoms. The summed E-state index contributed by atoms with van der Waals surface area (Å²) in [5.74, 6) is 0.849. The molecule has 0 fully saturated rings. The highest BCUT2D eigenvalue weighted by Gasteiger charge is 2.19. The van der Waals surface area contributed by atoms with E-state index in [1.54, 1.807) is 0 Å². The molecule has 3 aromatic carbocycles. The van der Waals surface area contributed by atoms with Gasteiger partial charge in [0.05, 0.1) is 16.7 Å². The van der Waals surface area contributed by atoms with Crippen LogP contribution in [0.25, 0.3) is 16.7 Å². The van der Waals surface area contributed by atoms with E-state index in [1.165, 1.54) is 22.4 Å². The first-order chi connectivity index (χ1) is 15.5. The molecule has 1 N–H and O–H groups in total. The predicted molar refractivity (Wildman–Crippen MR) is 138 cm³/mol. The first-order valence-electron chi connectivity index (χ1n) is 11.7. The van der Waals surface area contributed by atoms with Gasteiger partial charge in [0, 0.05) is 24.5 Å². The van der Waals surface area contributed by atoms with Crippen LogP contribution >= 0.6 is 0 Å². The normalized spacial score (nSPS) is 11.2. The van der Waals surface area contributed by atoms with E-state index >= 15 is 0 Å². The molecule has 0 saturated heterocycles. The monoisotopic (exact) mass is 426 g/mol. The van der Waals surface area contributed by atoms with Crippen LogP contribution in [-0.2, 0) is 0 Å². The lowest BCUT2D eigenvalue weighted by atomic mass is 10.1. The first-order valence-corrected chi connectivity index (χ1v) is 11.7. The van der Waals surface area contributed by atoms with E-state index < -0.39 is 0 Å². The number of para-hydroxylation sites is 2. The van der Waals surface area contributed by atoms with Crippen molar-refractivity contribution in [3.05, 3.63) is 77.4 Å². The van der Waals surface area contributed by atoms with Crippen molar-refractivity contribution in [3.8, 4) is 5.69 Å². The maximum atomic E-state index is 5.08. The molecule has 166 valence electrons. The molecule has 4 nitrogen and oxygen atoms in total. The summed E-state index contributed by atoms with van der Waals surface area (Å²) in [7, 11) is 0. The smallest absolute Gasteiger partial charge is 0.213 e. The average molecular weight is 427 g/mol. The van der Waals surface area contributed by atoms with Gasteiger partial charge in [-0.25, -0.2) is 4.98 Å². The molecule has 1 heterocycles. The largest absolute Gasteiger partial charge is 0.370 e. The summed E-state index contributed by atoms with van der Waals surface area (Å²) >= 11 is 0. The van der Waals surface area contributed by atoms with Gasteiger partial charge in [0.25, 0.3) is 0 Å². The SMILES string of the molecule is CCCN(CCC)c1cccc2nc(Nc3c(C)cc(C)cc3C)n(-c3ccccc3)c12. The Kier molecular flexibility index (Phi) is 6.50. The van der Waals surface area contributed by atoms with Gasteiger partial charge in [0.15, 0.2) is 0 Å². The number of hydrogen-bond acceptors (Lipinski definition) is 3. The van der Waals surface area contributed by atoms with Gasteiger partial charge in [-0.2, -0.15) is 0 Å². The van der Waals surface area contributed by atoms with E-state index in [9.17, 15) is 0 Å². The molecule has 0 aliphatic heterocycles. The van der Waals surface area contributed by atoms with Crippen LogP contribution < -0.4 is 10.2 Å². The highest BCUT2D eigenvalue weighted by atomic mass is 15.2. The van der Waals surface area contributed by atoms with E-state index in [2.05, 4.69) is 110 Å². The van der Waals surface area contributed by atoms with E-state index in [-0.39, 0.29) is 0 Å². The van der Waals surface area contributed by atoms with E-state index in [0.29, 0.717) is 0 Å². The van der Waals surface area contributed by atoms with Gasteiger partial charge in [-0.15, -0.1) is 0 Å². The second kappa shape index (κ2) is 9.47. The Morgan fingerprint density at radius 1 is 0.844 bits per heavy atom. The second-order valence-corrected chi connectivity index (χ2v) is 8.64. The van der Waals surface area contributed by atoms with Gasteiger partial charge < -0.3 is 10.2 Å². The lowest BCUT2D eigenvalue weighted by Crippen LogP contribution is -2.25. The number of nitrogens with zero attached hydrogens (tertiary/aromatic N) is 3. The van der Waals surface area contributed by atoms with Crippen LogP contribution in [0.5, 0.6) is 0 Å². The van der Waals surface area contributed by atoms with Gasteiger partial charge in [-0.3, -0.25) is 4.57 Å². The van der Waals surface area contributed by atoms with Crippen LogP contribution in [0.1, 0.15) is 43.4 Å². The van der Waals surface area contributed by atoms with E-state index in [4.69, 9.17) is 4.98 Å². The summed E-state index contributed by atoms with van der Waals surface area (Å²) in [4.78, 5) is 7.57. The Morgan fingerprint density at radius 3 is 2.12 bits per heavy atom. The third-order valence-electron chi connectivity index (χ3n) is 5.91. The maximum absolute atomic E-state index is 5.08. The highest BCUT2D eigenvalue weighted by Crippen LogP contribution is 2.35. The van der Waals surface area contributed by atoms with Crippen molar-refractivity contribution in [2.24, 2.45) is 0 Å². The lowest BCUT2D eigenvalue weighted by Gasteiger charge is -2.25. The number of rotatable bonds is 8. The third-order valence-corrected chi connectivity index (χ3v) is 5.91. The molecule has 0 saturated carbocycles. The summed E-state index contributed by atoms with van der Waals surface area (Å²) < 4.78 is 2.28. The maximum Gasteiger partial charge on any atom is 0.213 e. The van der Waals surface area contributed by atoms with Crippen molar-refractivity contribution in [1.29, 1.82) is 0 Å². The molecular weight excluding hydrogens is 392 g/mol. The van der Waals surface area contributed by atoms with Crippen LogP contribution in [-0.4, -0.2) is 22.6 Å². The second-order valence-electron chi connectivity index (χ2n) is 8.64. The Labute approximate surface area is 191 Å². The van der Waals surface area contributed by atoms with Gasteiger partial charge in [-0.05, 0) is 69.0 Å². The van der Waals surface area contributed by atoms with Crippen molar-refractivity contribution in [3.63, 3.8) is 0 Å². The summed E-state index contributed by atoms with van der Waals surface area (Å²) in [5, 5.41) is 3.69. The molecule has 1 aromatic heterocycles. The fourth-order valence-electron chi connectivity index (χ4n) is 4.66. The fraction of sp³-hybridized carbons (Fsp3) is 0.321. The van der Waals surface area contributed by atoms with Crippen molar-refractivity contribution in [2.75, 3.05) is 23.3 Å². The molecule has 0 aliphatic carbocycles. The molecule has 4 rings (SSSR count). The molecule has 0 radical (unpaired) electrons. The van der Waals surface area contributed by atoms with E-state index in [0.717, 1.165) is 54.3 Å². The molecule has 32 heavy (non-hydrogen) atoms. The number of imidazole rings is 1. The number of aromatic nitrogens is 2. The highest BCUT2D eigenvalue weighted by molar-refractivity contribution is 5.93. The average Bonchev–Trinajstić information content (AvgIpc) is 3.15. The molecule has 4 aromatic rings. The zero-order chi connectivity index (χ0) is 22.7. The number of fused-ring (bicyclic) bond motifs is 1. The van der Waals surface area contributed by atoms with Crippen molar-refractivity contribution in [1.82, 2.24) is 9.55 Å². The van der Waals surface area contributed by atoms with Gasteiger partial charge >= 0.3 is 0 Å². The first kappa shape index (κ1) is 21.9. The minimum absolute atomic E-state index is 0.849. The van der Waals surface area contributed by atoms with Crippen molar-refractivity contribution < 1.29 is 0 Å². The van der Waals surface area contributed by atoms with Crippen molar-refractivity contribution in [2.45, 2.75) is 47.5 Å². The van der Waals surface area contributed by atoms with Crippen LogP contribution in [0.15, 0.2) is 60.7 Å². The number of hydrogen-bond donors (Lipinski definition) is 1. The Morgan fingerprint density at radius 2 is 1.50 bits per heavy atom. The van der Waals surface area contributed by atoms with Crippen LogP contribution in [0.4, 0.5) is 17.3 Å². The predicted octanol–water partition coefficient (Wildman–Crippen LogP) is 7.32. The number of nitrogens with one attached hydrogen (secondary N) is 1. The number of anilines is 3. The summed E-state index contributed by atoms with van der Waals surface area (Å²) in [5.41, 5.74) is 9.39.